The summed E-state index contributed by atoms with van der Waals surface area (Å²) in [4.78, 5) is 36.6. The van der Waals surface area contributed by atoms with Crippen molar-refractivity contribution < 1.29 is 18.7 Å². The van der Waals surface area contributed by atoms with Gasteiger partial charge in [-0.15, -0.1) is 0 Å². The van der Waals surface area contributed by atoms with E-state index in [2.05, 4.69) is 10.9 Å². The van der Waals surface area contributed by atoms with Crippen LogP contribution in [0.3, 0.4) is 0 Å². The lowest BCUT2D eigenvalue weighted by molar-refractivity contribution is 0.0844. The SMILES string of the molecule is CCOc1ccc2cc(C(=O)NNC(=O)c3ccccc3C)c(=O)oc2c1. The summed E-state index contributed by atoms with van der Waals surface area (Å²) in [5, 5.41) is 0.563. The molecule has 0 saturated carbocycles. The predicted molar refractivity (Wildman–Crippen MR) is 99.8 cm³/mol. The number of nitrogens with one attached hydrogen (secondary N) is 2. The van der Waals surface area contributed by atoms with E-state index in [9.17, 15) is 14.4 Å². The predicted octanol–water partition coefficient (Wildman–Crippen LogP) is 2.57. The van der Waals surface area contributed by atoms with Gasteiger partial charge in [-0.25, -0.2) is 4.79 Å². The van der Waals surface area contributed by atoms with Crippen molar-refractivity contribution in [2.45, 2.75) is 13.8 Å². The number of ether oxygens (including phenoxy) is 1. The van der Waals surface area contributed by atoms with E-state index in [0.29, 0.717) is 28.9 Å². The van der Waals surface area contributed by atoms with Gasteiger partial charge in [0.2, 0.25) is 0 Å². The van der Waals surface area contributed by atoms with Gasteiger partial charge < -0.3 is 9.15 Å². The average molecular weight is 366 g/mol. The Labute approximate surface area is 154 Å². The van der Waals surface area contributed by atoms with Gasteiger partial charge in [0, 0.05) is 17.0 Å². The number of hydrogen-bond acceptors (Lipinski definition) is 5. The van der Waals surface area contributed by atoms with Crippen LogP contribution >= 0.6 is 0 Å². The maximum absolute atomic E-state index is 12.3. The van der Waals surface area contributed by atoms with Crippen molar-refractivity contribution in [1.82, 2.24) is 10.9 Å². The summed E-state index contributed by atoms with van der Waals surface area (Å²) in [6.45, 7) is 4.11. The summed E-state index contributed by atoms with van der Waals surface area (Å²) < 4.78 is 10.6. The molecule has 0 spiro atoms. The number of fused-ring (bicyclic) bond motifs is 1. The fourth-order valence-electron chi connectivity index (χ4n) is 2.58. The monoisotopic (exact) mass is 366 g/mol. The third kappa shape index (κ3) is 3.98. The summed E-state index contributed by atoms with van der Waals surface area (Å²) in [5.41, 5.74) is 5.02. The highest BCUT2D eigenvalue weighted by Crippen LogP contribution is 2.20. The van der Waals surface area contributed by atoms with Gasteiger partial charge in [-0.1, -0.05) is 18.2 Å². The van der Waals surface area contributed by atoms with Crippen molar-refractivity contribution in [3.05, 3.63) is 75.6 Å². The van der Waals surface area contributed by atoms with E-state index in [1.165, 1.54) is 6.07 Å². The summed E-state index contributed by atoms with van der Waals surface area (Å²) in [7, 11) is 0. The van der Waals surface area contributed by atoms with Crippen LogP contribution in [0.4, 0.5) is 0 Å². The molecular weight excluding hydrogens is 348 g/mol. The van der Waals surface area contributed by atoms with E-state index in [-0.39, 0.29) is 5.56 Å². The topological polar surface area (TPSA) is 97.6 Å². The first-order chi connectivity index (χ1) is 13.0. The molecule has 0 aliphatic rings. The van der Waals surface area contributed by atoms with E-state index in [0.717, 1.165) is 5.56 Å². The average Bonchev–Trinajstić information content (AvgIpc) is 2.66. The second kappa shape index (κ2) is 7.74. The lowest BCUT2D eigenvalue weighted by Crippen LogP contribution is -2.43. The normalized spacial score (nSPS) is 10.4. The lowest BCUT2D eigenvalue weighted by Gasteiger charge is -2.09. The molecule has 2 N–H and O–H groups in total. The number of aryl methyl sites for hydroxylation is 1. The van der Waals surface area contributed by atoms with Crippen LogP contribution in [0.5, 0.6) is 5.75 Å². The molecule has 2 amide bonds. The number of carbonyl (C=O) groups is 2. The molecule has 0 unspecified atom stereocenters. The molecule has 0 aliphatic carbocycles. The van der Waals surface area contributed by atoms with Crippen LogP contribution in [0.2, 0.25) is 0 Å². The van der Waals surface area contributed by atoms with Crippen LogP contribution in [-0.4, -0.2) is 18.4 Å². The molecule has 0 saturated heterocycles. The molecule has 0 atom stereocenters. The smallest absolute Gasteiger partial charge is 0.349 e. The Morgan fingerprint density at radius 1 is 1.00 bits per heavy atom. The number of carbonyl (C=O) groups excluding carboxylic acids is 2. The lowest BCUT2D eigenvalue weighted by atomic mass is 10.1. The van der Waals surface area contributed by atoms with Gasteiger partial charge in [0.05, 0.1) is 6.61 Å². The van der Waals surface area contributed by atoms with Gasteiger partial charge in [0.25, 0.3) is 11.8 Å². The molecule has 2 aromatic carbocycles. The highest BCUT2D eigenvalue weighted by Gasteiger charge is 2.16. The Hall–Kier alpha value is -3.61. The number of amides is 2. The first-order valence-electron chi connectivity index (χ1n) is 8.36. The second-order valence-electron chi connectivity index (χ2n) is 5.80. The third-order valence-corrected chi connectivity index (χ3v) is 3.94. The van der Waals surface area contributed by atoms with Gasteiger partial charge in [-0.05, 0) is 43.7 Å². The van der Waals surface area contributed by atoms with E-state index in [1.807, 2.05) is 13.0 Å². The van der Waals surface area contributed by atoms with Crippen molar-refractivity contribution >= 4 is 22.8 Å². The molecule has 3 rings (SSSR count). The highest BCUT2D eigenvalue weighted by molar-refractivity contribution is 6.00. The van der Waals surface area contributed by atoms with Crippen LogP contribution in [0.1, 0.15) is 33.2 Å². The Kier molecular flexibility index (Phi) is 5.21. The van der Waals surface area contributed by atoms with Crippen LogP contribution in [0.25, 0.3) is 11.0 Å². The summed E-state index contributed by atoms with van der Waals surface area (Å²) in [6, 6.07) is 13.3. The molecule has 1 aromatic heterocycles. The summed E-state index contributed by atoms with van der Waals surface area (Å²) in [5.74, 6) is -0.676. The molecule has 7 heteroatoms. The minimum atomic E-state index is -0.807. The minimum Gasteiger partial charge on any atom is -0.494 e. The zero-order chi connectivity index (χ0) is 19.4. The van der Waals surface area contributed by atoms with Crippen molar-refractivity contribution in [3.8, 4) is 5.75 Å². The zero-order valence-electron chi connectivity index (χ0n) is 14.9. The van der Waals surface area contributed by atoms with Crippen LogP contribution < -0.4 is 21.2 Å². The molecular formula is C20H18N2O5. The molecule has 0 aliphatic heterocycles. The van der Waals surface area contributed by atoms with Crippen molar-refractivity contribution in [2.24, 2.45) is 0 Å². The van der Waals surface area contributed by atoms with Gasteiger partial charge in [0.15, 0.2) is 0 Å². The van der Waals surface area contributed by atoms with E-state index in [4.69, 9.17) is 9.15 Å². The molecule has 0 radical (unpaired) electrons. The molecule has 138 valence electrons. The van der Waals surface area contributed by atoms with E-state index >= 15 is 0 Å². The largest absolute Gasteiger partial charge is 0.494 e. The Bertz CT molecular complexity index is 1070. The molecule has 0 fully saturated rings. The Morgan fingerprint density at radius 2 is 1.70 bits per heavy atom. The fraction of sp³-hybridized carbons (Fsp3) is 0.150. The fourth-order valence-corrected chi connectivity index (χ4v) is 2.58. The molecule has 0 bridgehead atoms. The quantitative estimate of drug-likeness (QED) is 0.546. The number of hydrazine groups is 1. The minimum absolute atomic E-state index is 0.211. The summed E-state index contributed by atoms with van der Waals surface area (Å²) in [6.07, 6.45) is 0. The third-order valence-electron chi connectivity index (χ3n) is 3.94. The Morgan fingerprint density at radius 3 is 2.41 bits per heavy atom. The van der Waals surface area contributed by atoms with Crippen LogP contribution in [0, 0.1) is 6.92 Å². The number of benzene rings is 2. The van der Waals surface area contributed by atoms with Crippen molar-refractivity contribution in [2.75, 3.05) is 6.61 Å². The molecule has 1 heterocycles. The Balaban J connectivity index is 1.78. The molecule has 27 heavy (non-hydrogen) atoms. The highest BCUT2D eigenvalue weighted by atomic mass is 16.5. The maximum Gasteiger partial charge on any atom is 0.349 e. The van der Waals surface area contributed by atoms with Crippen LogP contribution in [0.15, 0.2) is 57.7 Å². The number of hydrogen-bond donors (Lipinski definition) is 2. The molecule has 7 nitrogen and oxygen atoms in total. The maximum atomic E-state index is 12.3. The number of rotatable bonds is 4. The van der Waals surface area contributed by atoms with Gasteiger partial charge in [-0.2, -0.15) is 0 Å². The van der Waals surface area contributed by atoms with Gasteiger partial charge in [-0.3, -0.25) is 20.4 Å². The zero-order valence-corrected chi connectivity index (χ0v) is 14.9. The second-order valence-corrected chi connectivity index (χ2v) is 5.80. The first-order valence-corrected chi connectivity index (χ1v) is 8.36. The van der Waals surface area contributed by atoms with E-state index < -0.39 is 17.4 Å². The van der Waals surface area contributed by atoms with E-state index in [1.54, 1.807) is 43.3 Å². The molecule has 3 aromatic rings. The standard InChI is InChI=1S/C20H18N2O5/c1-3-26-14-9-8-13-10-16(20(25)27-17(13)11-14)19(24)22-21-18(23)15-7-5-4-6-12(15)2/h4-11H,3H2,1-2H3,(H,21,23)(H,22,24). The van der Waals surface area contributed by atoms with Gasteiger partial charge in [0.1, 0.15) is 16.9 Å². The first kappa shape index (κ1) is 18.2. The van der Waals surface area contributed by atoms with Crippen LogP contribution in [-0.2, 0) is 0 Å². The summed E-state index contributed by atoms with van der Waals surface area (Å²) >= 11 is 0. The van der Waals surface area contributed by atoms with Crippen molar-refractivity contribution in [1.29, 1.82) is 0 Å². The van der Waals surface area contributed by atoms with Crippen molar-refractivity contribution in [3.63, 3.8) is 0 Å². The van der Waals surface area contributed by atoms with Gasteiger partial charge >= 0.3 is 5.63 Å².